The lowest BCUT2D eigenvalue weighted by atomic mass is 10.1. The van der Waals surface area contributed by atoms with Crippen molar-refractivity contribution in [3.8, 4) is 11.3 Å². The first-order valence-corrected chi connectivity index (χ1v) is 7.91. The van der Waals surface area contributed by atoms with Crippen molar-refractivity contribution in [1.29, 1.82) is 0 Å². The molecule has 1 N–H and O–H groups in total. The number of methoxy groups -OCH3 is 1. The molecule has 0 bridgehead atoms. The van der Waals surface area contributed by atoms with Crippen LogP contribution in [-0.4, -0.2) is 30.2 Å². The second-order valence-electron chi connectivity index (χ2n) is 5.20. The van der Waals surface area contributed by atoms with E-state index >= 15 is 0 Å². The second kappa shape index (κ2) is 7.40. The van der Waals surface area contributed by atoms with Crippen molar-refractivity contribution in [1.82, 2.24) is 9.97 Å². The van der Waals surface area contributed by atoms with Gasteiger partial charge in [0.1, 0.15) is 0 Å². The molecule has 5 heteroatoms. The topological polar surface area (TPSA) is 47.0 Å². The van der Waals surface area contributed by atoms with E-state index in [1.807, 2.05) is 48.5 Å². The van der Waals surface area contributed by atoms with Gasteiger partial charge in [-0.25, -0.2) is 9.97 Å². The highest BCUT2D eigenvalue weighted by molar-refractivity contribution is 6.31. The number of nitrogens with one attached hydrogen (secondary N) is 1. The Morgan fingerprint density at radius 3 is 2.70 bits per heavy atom. The Bertz CT molecular complexity index is 793. The Balaban J connectivity index is 2.02. The lowest BCUT2D eigenvalue weighted by Gasteiger charge is -2.10. The molecular formula is C18H18ClN3O. The number of halogens is 1. The summed E-state index contributed by atoms with van der Waals surface area (Å²) < 4.78 is 5.06. The number of rotatable bonds is 6. The summed E-state index contributed by atoms with van der Waals surface area (Å²) in [7, 11) is 1.70. The molecular weight excluding hydrogens is 310 g/mol. The van der Waals surface area contributed by atoms with E-state index in [2.05, 4.69) is 15.3 Å². The van der Waals surface area contributed by atoms with Gasteiger partial charge in [0, 0.05) is 36.2 Å². The van der Waals surface area contributed by atoms with E-state index in [0.717, 1.165) is 35.1 Å². The van der Waals surface area contributed by atoms with E-state index in [9.17, 15) is 0 Å². The van der Waals surface area contributed by atoms with Crippen LogP contribution in [0.1, 0.15) is 6.42 Å². The van der Waals surface area contributed by atoms with E-state index in [1.165, 1.54) is 0 Å². The van der Waals surface area contributed by atoms with E-state index in [-0.39, 0.29) is 0 Å². The lowest BCUT2D eigenvalue weighted by molar-refractivity contribution is 0.197. The van der Waals surface area contributed by atoms with Crippen LogP contribution in [-0.2, 0) is 4.74 Å². The molecule has 0 unspecified atom stereocenters. The third-order valence-electron chi connectivity index (χ3n) is 3.51. The van der Waals surface area contributed by atoms with Crippen molar-refractivity contribution in [3.63, 3.8) is 0 Å². The second-order valence-corrected chi connectivity index (χ2v) is 5.63. The van der Waals surface area contributed by atoms with Crippen LogP contribution in [0.3, 0.4) is 0 Å². The van der Waals surface area contributed by atoms with Gasteiger partial charge in [-0.05, 0) is 24.6 Å². The summed E-state index contributed by atoms with van der Waals surface area (Å²) in [6.45, 7) is 1.48. The molecule has 0 aliphatic rings. The van der Waals surface area contributed by atoms with E-state index < -0.39 is 0 Å². The maximum absolute atomic E-state index is 6.15. The molecule has 0 aliphatic heterocycles. The molecule has 2 aromatic carbocycles. The summed E-state index contributed by atoms with van der Waals surface area (Å²) in [6.07, 6.45) is 0.902. The molecule has 0 radical (unpaired) electrons. The van der Waals surface area contributed by atoms with Crippen LogP contribution in [0.4, 0.5) is 5.95 Å². The number of hydrogen-bond donors (Lipinski definition) is 1. The molecule has 1 heterocycles. The van der Waals surface area contributed by atoms with Crippen LogP contribution in [0, 0.1) is 0 Å². The summed E-state index contributed by atoms with van der Waals surface area (Å²) in [5.41, 5.74) is 2.80. The molecule has 0 fully saturated rings. The molecule has 23 heavy (non-hydrogen) atoms. The number of benzene rings is 2. The summed E-state index contributed by atoms with van der Waals surface area (Å²) >= 11 is 6.15. The average molecular weight is 328 g/mol. The molecule has 0 atom stereocenters. The van der Waals surface area contributed by atoms with E-state index in [0.29, 0.717) is 17.6 Å². The fraction of sp³-hybridized carbons (Fsp3) is 0.222. The van der Waals surface area contributed by atoms with Gasteiger partial charge in [0.2, 0.25) is 5.95 Å². The number of fused-ring (bicyclic) bond motifs is 1. The van der Waals surface area contributed by atoms with Gasteiger partial charge in [-0.15, -0.1) is 0 Å². The highest BCUT2D eigenvalue weighted by Crippen LogP contribution is 2.29. The third-order valence-corrected chi connectivity index (χ3v) is 3.75. The Kier molecular flexibility index (Phi) is 5.05. The van der Waals surface area contributed by atoms with Gasteiger partial charge >= 0.3 is 0 Å². The summed E-state index contributed by atoms with van der Waals surface area (Å²) in [5.74, 6) is 0.620. The van der Waals surface area contributed by atoms with Crippen molar-refractivity contribution in [2.75, 3.05) is 25.6 Å². The van der Waals surface area contributed by atoms with Gasteiger partial charge in [0.15, 0.2) is 0 Å². The first kappa shape index (κ1) is 15.7. The van der Waals surface area contributed by atoms with Gasteiger partial charge in [-0.2, -0.15) is 0 Å². The van der Waals surface area contributed by atoms with Crippen molar-refractivity contribution in [3.05, 3.63) is 53.6 Å². The maximum atomic E-state index is 6.15. The van der Waals surface area contributed by atoms with Gasteiger partial charge in [0.25, 0.3) is 0 Å². The first-order valence-electron chi connectivity index (χ1n) is 7.53. The summed E-state index contributed by atoms with van der Waals surface area (Å²) in [5, 5.41) is 4.89. The summed E-state index contributed by atoms with van der Waals surface area (Å²) in [6, 6.07) is 15.7. The quantitative estimate of drug-likeness (QED) is 0.682. The van der Waals surface area contributed by atoms with Crippen LogP contribution in [0.25, 0.3) is 22.2 Å². The van der Waals surface area contributed by atoms with Crippen molar-refractivity contribution >= 4 is 28.5 Å². The normalized spacial score (nSPS) is 10.9. The Hall–Kier alpha value is -2.17. The highest BCUT2D eigenvalue weighted by atomic mass is 35.5. The molecule has 118 valence electrons. The van der Waals surface area contributed by atoms with Gasteiger partial charge < -0.3 is 10.1 Å². The molecule has 0 spiro atoms. The van der Waals surface area contributed by atoms with Crippen molar-refractivity contribution in [2.24, 2.45) is 0 Å². The standard InChI is InChI=1S/C18H18ClN3O/c1-23-11-5-10-20-18-21-16-9-8-14(19)12-15(16)17(22-18)13-6-3-2-4-7-13/h2-4,6-9,12H,5,10-11H2,1H3,(H,20,21,22). The van der Waals surface area contributed by atoms with Crippen LogP contribution >= 0.6 is 11.6 Å². The Labute approximate surface area is 140 Å². The fourth-order valence-electron chi connectivity index (χ4n) is 2.41. The number of hydrogen-bond acceptors (Lipinski definition) is 4. The maximum Gasteiger partial charge on any atom is 0.223 e. The zero-order chi connectivity index (χ0) is 16.1. The minimum Gasteiger partial charge on any atom is -0.385 e. The largest absolute Gasteiger partial charge is 0.385 e. The van der Waals surface area contributed by atoms with Crippen molar-refractivity contribution < 1.29 is 4.74 Å². The van der Waals surface area contributed by atoms with Crippen LogP contribution in [0.2, 0.25) is 5.02 Å². The van der Waals surface area contributed by atoms with Crippen molar-refractivity contribution in [2.45, 2.75) is 6.42 Å². The SMILES string of the molecule is COCCCNc1nc(-c2ccccc2)c2cc(Cl)ccc2n1. The molecule has 0 saturated heterocycles. The molecule has 0 aliphatic carbocycles. The van der Waals surface area contributed by atoms with Gasteiger partial charge in [-0.1, -0.05) is 41.9 Å². The van der Waals surface area contributed by atoms with Gasteiger partial charge in [0.05, 0.1) is 11.2 Å². The first-order chi connectivity index (χ1) is 11.3. The molecule has 4 nitrogen and oxygen atoms in total. The van der Waals surface area contributed by atoms with Crippen LogP contribution in [0.5, 0.6) is 0 Å². The molecule has 1 aromatic heterocycles. The molecule has 3 aromatic rings. The number of nitrogens with zero attached hydrogens (tertiary/aromatic N) is 2. The Morgan fingerprint density at radius 2 is 1.91 bits per heavy atom. The molecule has 0 amide bonds. The fourth-order valence-corrected chi connectivity index (χ4v) is 2.58. The predicted octanol–water partition coefficient (Wildman–Crippen LogP) is 4.40. The van der Waals surface area contributed by atoms with E-state index in [4.69, 9.17) is 16.3 Å². The molecule has 3 rings (SSSR count). The Morgan fingerprint density at radius 1 is 1.09 bits per heavy atom. The van der Waals surface area contributed by atoms with E-state index in [1.54, 1.807) is 7.11 Å². The highest BCUT2D eigenvalue weighted by Gasteiger charge is 2.10. The molecule has 0 saturated carbocycles. The minimum absolute atomic E-state index is 0.620. The zero-order valence-corrected chi connectivity index (χ0v) is 13.7. The van der Waals surface area contributed by atoms with Crippen LogP contribution < -0.4 is 5.32 Å². The average Bonchev–Trinajstić information content (AvgIpc) is 2.59. The van der Waals surface area contributed by atoms with Crippen LogP contribution in [0.15, 0.2) is 48.5 Å². The smallest absolute Gasteiger partial charge is 0.223 e. The summed E-state index contributed by atoms with van der Waals surface area (Å²) in [4.78, 5) is 9.27. The number of ether oxygens (including phenoxy) is 1. The van der Waals surface area contributed by atoms with Gasteiger partial charge in [-0.3, -0.25) is 0 Å². The number of aromatic nitrogens is 2. The third kappa shape index (κ3) is 3.78. The minimum atomic E-state index is 0.620. The lowest BCUT2D eigenvalue weighted by Crippen LogP contribution is -2.08. The zero-order valence-electron chi connectivity index (χ0n) is 12.9. The monoisotopic (exact) mass is 327 g/mol. The number of anilines is 1. The predicted molar refractivity (Wildman–Crippen MR) is 95.0 cm³/mol.